The lowest BCUT2D eigenvalue weighted by atomic mass is 9.92. The van der Waals surface area contributed by atoms with Gasteiger partial charge in [0.15, 0.2) is 0 Å². The van der Waals surface area contributed by atoms with Crippen LogP contribution in [0.25, 0.3) is 5.57 Å². The van der Waals surface area contributed by atoms with E-state index in [4.69, 9.17) is 0 Å². The molecule has 2 aromatic carbocycles. The first-order valence-electron chi connectivity index (χ1n) is 6.47. The van der Waals surface area contributed by atoms with Crippen molar-refractivity contribution >= 4 is 5.57 Å². The molecule has 0 saturated heterocycles. The summed E-state index contributed by atoms with van der Waals surface area (Å²) in [5.41, 5.74) is 7.56. The fraction of sp³-hybridized carbons (Fsp3) is 0.222. The molecular formula is C18H20. The molecule has 0 radical (unpaired) electrons. The van der Waals surface area contributed by atoms with Crippen LogP contribution in [-0.2, 0) is 6.42 Å². The van der Waals surface area contributed by atoms with E-state index in [0.29, 0.717) is 0 Å². The van der Waals surface area contributed by atoms with Gasteiger partial charge in [0, 0.05) is 0 Å². The molecule has 0 heterocycles. The fourth-order valence-electron chi connectivity index (χ4n) is 2.27. The molecule has 0 aliphatic rings. The van der Waals surface area contributed by atoms with Crippen LogP contribution < -0.4 is 0 Å². The molecule has 0 nitrogen and oxygen atoms in total. The van der Waals surface area contributed by atoms with Crippen molar-refractivity contribution in [2.24, 2.45) is 0 Å². The topological polar surface area (TPSA) is 0 Å². The Balaban J connectivity index is 2.48. The third-order valence-electron chi connectivity index (χ3n) is 3.34. The predicted octanol–water partition coefficient (Wildman–Crippen LogP) is 4.93. The second-order valence-corrected chi connectivity index (χ2v) is 4.86. The molecule has 2 aromatic rings. The first kappa shape index (κ1) is 12.6. The Morgan fingerprint density at radius 3 is 2.39 bits per heavy atom. The average Bonchev–Trinajstić information content (AvgIpc) is 2.38. The van der Waals surface area contributed by atoms with Crippen molar-refractivity contribution in [1.29, 1.82) is 0 Å². The minimum Gasteiger partial charge on any atom is -0.0905 e. The van der Waals surface area contributed by atoms with E-state index in [1.54, 1.807) is 0 Å². The highest BCUT2D eigenvalue weighted by Crippen LogP contribution is 2.26. The maximum Gasteiger partial charge on any atom is -0.0149 e. The van der Waals surface area contributed by atoms with E-state index in [2.05, 4.69) is 69.8 Å². The highest BCUT2D eigenvalue weighted by atomic mass is 14.1. The third kappa shape index (κ3) is 2.53. The Bertz CT molecular complexity index is 576. The quantitative estimate of drug-likeness (QED) is 0.709. The van der Waals surface area contributed by atoms with Gasteiger partial charge < -0.3 is 0 Å². The molecular weight excluding hydrogens is 216 g/mol. The molecule has 0 unspecified atom stereocenters. The summed E-state index contributed by atoms with van der Waals surface area (Å²) in [5, 5.41) is 0. The van der Waals surface area contributed by atoms with Crippen LogP contribution in [-0.4, -0.2) is 0 Å². The van der Waals surface area contributed by atoms with E-state index in [-0.39, 0.29) is 0 Å². The van der Waals surface area contributed by atoms with Gasteiger partial charge in [0.25, 0.3) is 0 Å². The summed E-state index contributed by atoms with van der Waals surface area (Å²) in [7, 11) is 0. The van der Waals surface area contributed by atoms with E-state index < -0.39 is 0 Å². The molecule has 0 N–H and O–H groups in total. The van der Waals surface area contributed by atoms with Gasteiger partial charge in [-0.2, -0.15) is 0 Å². The van der Waals surface area contributed by atoms with E-state index in [1.165, 1.54) is 27.8 Å². The van der Waals surface area contributed by atoms with E-state index in [9.17, 15) is 0 Å². The predicted molar refractivity (Wildman–Crippen MR) is 79.9 cm³/mol. The maximum atomic E-state index is 4.29. The zero-order chi connectivity index (χ0) is 13.1. The highest BCUT2D eigenvalue weighted by molar-refractivity contribution is 5.80. The van der Waals surface area contributed by atoms with Crippen LogP contribution in [0, 0.1) is 13.8 Å². The highest BCUT2D eigenvalue weighted by Gasteiger charge is 2.07. The summed E-state index contributed by atoms with van der Waals surface area (Å²) in [6.07, 6.45) is 1.04. The summed E-state index contributed by atoms with van der Waals surface area (Å²) in [5.74, 6) is 0. The van der Waals surface area contributed by atoms with Crippen molar-refractivity contribution in [2.75, 3.05) is 0 Å². The monoisotopic (exact) mass is 236 g/mol. The number of hydrogen-bond donors (Lipinski definition) is 0. The van der Waals surface area contributed by atoms with E-state index >= 15 is 0 Å². The van der Waals surface area contributed by atoms with Gasteiger partial charge >= 0.3 is 0 Å². The van der Waals surface area contributed by atoms with Gasteiger partial charge in [0.2, 0.25) is 0 Å². The number of benzene rings is 2. The first-order valence-corrected chi connectivity index (χ1v) is 6.47. The lowest BCUT2D eigenvalue weighted by molar-refractivity contribution is 1.12. The van der Waals surface area contributed by atoms with Crippen LogP contribution in [0.5, 0.6) is 0 Å². The molecule has 92 valence electrons. The zero-order valence-corrected chi connectivity index (χ0v) is 11.5. The van der Waals surface area contributed by atoms with Crippen LogP contribution >= 0.6 is 0 Å². The smallest absolute Gasteiger partial charge is 0.0149 e. The van der Waals surface area contributed by atoms with Gasteiger partial charge in [0.05, 0.1) is 0 Å². The Hall–Kier alpha value is -1.82. The zero-order valence-electron chi connectivity index (χ0n) is 11.5. The van der Waals surface area contributed by atoms with Gasteiger partial charge in [-0.15, -0.1) is 0 Å². The third-order valence-corrected chi connectivity index (χ3v) is 3.34. The molecule has 0 fully saturated rings. The molecule has 18 heavy (non-hydrogen) atoms. The standard InChI is InChI=1S/C18H20/c1-5-16-10-9-14(3)12-18(16)15(4)17-8-6-7-13(2)11-17/h6-12H,4-5H2,1-3H3. The molecule has 0 bridgehead atoms. The second kappa shape index (κ2) is 5.22. The van der Waals surface area contributed by atoms with E-state index in [1.807, 2.05) is 0 Å². The number of hydrogen-bond acceptors (Lipinski definition) is 0. The molecule has 0 aromatic heterocycles. The fourth-order valence-corrected chi connectivity index (χ4v) is 2.27. The largest absolute Gasteiger partial charge is 0.0905 e. The lowest BCUT2D eigenvalue weighted by Crippen LogP contribution is -1.94. The normalized spacial score (nSPS) is 10.4. The molecule has 0 spiro atoms. The minimum absolute atomic E-state index is 1.04. The Labute approximate surface area is 110 Å². The summed E-state index contributed by atoms with van der Waals surface area (Å²) < 4.78 is 0. The SMILES string of the molecule is C=C(c1cccc(C)c1)c1cc(C)ccc1CC. The molecule has 2 rings (SSSR count). The van der Waals surface area contributed by atoms with Gasteiger partial charge in [-0.1, -0.05) is 67.1 Å². The van der Waals surface area contributed by atoms with Gasteiger partial charge in [0.1, 0.15) is 0 Å². The van der Waals surface area contributed by atoms with Crippen molar-refractivity contribution in [3.63, 3.8) is 0 Å². The van der Waals surface area contributed by atoms with Gasteiger partial charge in [-0.05, 0) is 42.5 Å². The minimum atomic E-state index is 1.04. The summed E-state index contributed by atoms with van der Waals surface area (Å²) in [6.45, 7) is 10.7. The van der Waals surface area contributed by atoms with Crippen LogP contribution in [0.15, 0.2) is 49.0 Å². The van der Waals surface area contributed by atoms with Crippen LogP contribution in [0.4, 0.5) is 0 Å². The Kier molecular flexibility index (Phi) is 3.66. The molecule has 0 saturated carbocycles. The molecule has 0 aliphatic heterocycles. The summed E-state index contributed by atoms with van der Waals surface area (Å²) in [6, 6.07) is 15.2. The lowest BCUT2D eigenvalue weighted by Gasteiger charge is -2.13. The summed E-state index contributed by atoms with van der Waals surface area (Å²) in [4.78, 5) is 0. The van der Waals surface area contributed by atoms with Crippen molar-refractivity contribution in [3.8, 4) is 0 Å². The first-order chi connectivity index (χ1) is 8.61. The number of aryl methyl sites for hydroxylation is 3. The Morgan fingerprint density at radius 2 is 1.72 bits per heavy atom. The van der Waals surface area contributed by atoms with Crippen molar-refractivity contribution < 1.29 is 0 Å². The second-order valence-electron chi connectivity index (χ2n) is 4.86. The van der Waals surface area contributed by atoms with Crippen LogP contribution in [0.1, 0.15) is 34.7 Å². The van der Waals surface area contributed by atoms with Gasteiger partial charge in [-0.3, -0.25) is 0 Å². The van der Waals surface area contributed by atoms with Crippen molar-refractivity contribution in [1.82, 2.24) is 0 Å². The van der Waals surface area contributed by atoms with Crippen molar-refractivity contribution in [2.45, 2.75) is 27.2 Å². The van der Waals surface area contributed by atoms with Crippen LogP contribution in [0.3, 0.4) is 0 Å². The Morgan fingerprint density at radius 1 is 1.00 bits per heavy atom. The average molecular weight is 236 g/mol. The van der Waals surface area contributed by atoms with Crippen LogP contribution in [0.2, 0.25) is 0 Å². The molecule has 0 amide bonds. The van der Waals surface area contributed by atoms with Gasteiger partial charge in [-0.25, -0.2) is 0 Å². The van der Waals surface area contributed by atoms with E-state index in [0.717, 1.165) is 12.0 Å². The molecule has 0 heteroatoms. The molecule has 0 atom stereocenters. The molecule has 0 aliphatic carbocycles. The van der Waals surface area contributed by atoms with Crippen molar-refractivity contribution in [3.05, 3.63) is 76.9 Å². The summed E-state index contributed by atoms with van der Waals surface area (Å²) >= 11 is 0. The maximum absolute atomic E-state index is 4.29. The number of rotatable bonds is 3.